The minimum atomic E-state index is -0.840. The number of hydrogen-bond acceptors (Lipinski definition) is 6. The Morgan fingerprint density at radius 2 is 0.462 bits per heavy atom. The lowest BCUT2D eigenvalue weighted by molar-refractivity contribution is 0.435. The average molecular weight is 1820 g/mol. The van der Waals surface area contributed by atoms with E-state index in [0.29, 0.717) is 0 Å². The van der Waals surface area contributed by atoms with Crippen LogP contribution in [0.1, 0.15) is 55.6 Å². The Kier molecular flexibility index (Phi) is 16.2. The van der Waals surface area contributed by atoms with Crippen LogP contribution >= 0.6 is 31.9 Å². The number of fused-ring (bicyclic) bond motifs is 36. The Bertz CT molecular complexity index is 8720. The fourth-order valence-electron chi connectivity index (χ4n) is 23.0. The molecule has 13 heteroatoms. The van der Waals surface area contributed by atoms with E-state index in [4.69, 9.17) is 29.4 Å². The van der Waals surface area contributed by atoms with E-state index in [-0.39, 0.29) is 0 Å². The molecule has 5 aliphatic rings. The van der Waals surface area contributed by atoms with Gasteiger partial charge in [0.25, 0.3) is 0 Å². The highest BCUT2D eigenvalue weighted by Gasteiger charge is 2.55. The summed E-state index contributed by atoms with van der Waals surface area (Å²) >= 11 is 7.32. The Morgan fingerprint density at radius 3 is 0.811 bits per heavy atom. The molecular weight excluding hydrogens is 1750 g/mol. The number of benzene rings is 16. The summed E-state index contributed by atoms with van der Waals surface area (Å²) in [4.78, 5) is 19.7. The van der Waals surface area contributed by atoms with Crippen LogP contribution in [0.15, 0.2) is 428 Å². The summed E-state index contributed by atoms with van der Waals surface area (Å²) in [5.41, 5.74) is 33.9. The molecule has 16 aromatic carbocycles. The second kappa shape index (κ2) is 28.6. The normalized spacial score (nSPS) is 13.4. The van der Waals surface area contributed by atoms with Gasteiger partial charge in [0, 0.05) is 138 Å². The fraction of sp³-hybridized carbons (Fsp3) is 0.0252. The van der Waals surface area contributed by atoms with Crippen molar-refractivity contribution in [2.75, 3.05) is 0 Å². The van der Waals surface area contributed by atoms with Gasteiger partial charge in [-0.15, -0.1) is 0 Å². The van der Waals surface area contributed by atoms with Gasteiger partial charge in [0.1, 0.15) is 23.0 Å². The van der Waals surface area contributed by atoms with Crippen molar-refractivity contribution < 1.29 is 9.47 Å². The second-order valence-corrected chi connectivity index (χ2v) is 36.7. The molecule has 618 valence electrons. The van der Waals surface area contributed by atoms with E-state index in [0.717, 1.165) is 150 Å². The molecule has 11 nitrogen and oxygen atoms in total. The third-order valence-corrected chi connectivity index (χ3v) is 29.3. The largest absolute Gasteiger partial charge is 0.457 e. The van der Waals surface area contributed by atoms with E-state index in [2.05, 4.69) is 413 Å². The standard InChI is InChI=1S/C71H42N6O.C25H17N.C23H12Br2N2O/c1-7-23-59-47(15-1)48-16-2-8-24-60(48)74(59)43-29-33-65-53(39-43)51-19-5-11-27-63(51)76(65)45-31-35-67-57(41-45)71(55-21-13-37-72-69(55)70-56(71)22-14-38-73-70)58-42-46(32-36-68(58)78-67)77-64-28-12-6-20-52(64)54-40-44(30-34-66(54)77)75-61-25-9-3-17-49(61)50-18-4-10-26-62(50)75;1-2-8-20-17(7-1)15-18-13-14-19(16-23(18)20)26-24-11-5-3-9-21(24)22-10-4-6-12-25(22)26;24-13-5-7-19-17(11-13)23(18-12-14(25)6-8-20(18)28-19)15-3-1-9-26-21(15)22-16(23)4-2-10-27-22/h1-42H;1-14,16H,15H2;1-12H. The lowest BCUT2D eigenvalue weighted by Crippen LogP contribution is -2.32. The Morgan fingerprint density at radius 1 is 0.205 bits per heavy atom. The molecule has 0 unspecified atom stereocenters. The summed E-state index contributed by atoms with van der Waals surface area (Å²) in [6, 6.07) is 142. The van der Waals surface area contributed by atoms with Gasteiger partial charge in [-0.3, -0.25) is 19.9 Å². The number of halogens is 2. The number of aromatic nitrogens is 9. The van der Waals surface area contributed by atoms with Crippen LogP contribution in [0.25, 0.3) is 171 Å². The van der Waals surface area contributed by atoms with Crippen molar-refractivity contribution in [3.05, 3.63) is 484 Å². The molecule has 3 aliphatic carbocycles. The zero-order valence-corrected chi connectivity index (χ0v) is 73.8. The van der Waals surface area contributed by atoms with Gasteiger partial charge in [-0.1, -0.05) is 232 Å². The van der Waals surface area contributed by atoms with Crippen molar-refractivity contribution in [1.29, 1.82) is 0 Å². The van der Waals surface area contributed by atoms with E-state index in [1.165, 1.54) is 115 Å². The number of nitrogens with zero attached hydrogens (tertiary/aromatic N) is 9. The molecule has 2 aliphatic heterocycles. The first-order chi connectivity index (χ1) is 65.3. The van der Waals surface area contributed by atoms with E-state index >= 15 is 0 Å². The molecule has 2 spiro atoms. The molecule has 0 radical (unpaired) electrons. The van der Waals surface area contributed by atoms with Crippen LogP contribution in [-0.2, 0) is 17.3 Å². The Hall–Kier alpha value is -16.3. The summed E-state index contributed by atoms with van der Waals surface area (Å²) in [6.45, 7) is 0. The third kappa shape index (κ3) is 10.6. The van der Waals surface area contributed by atoms with Crippen molar-refractivity contribution in [1.82, 2.24) is 42.8 Å². The number of para-hydroxylation sites is 8. The lowest BCUT2D eigenvalue weighted by atomic mass is 9.66. The highest BCUT2D eigenvalue weighted by Crippen LogP contribution is 2.64. The van der Waals surface area contributed by atoms with Crippen LogP contribution in [0, 0.1) is 0 Å². The molecule has 132 heavy (non-hydrogen) atoms. The zero-order chi connectivity index (χ0) is 86.8. The molecule has 0 atom stereocenters. The van der Waals surface area contributed by atoms with E-state index < -0.39 is 10.8 Å². The maximum atomic E-state index is 7.18. The van der Waals surface area contributed by atoms with E-state index in [9.17, 15) is 0 Å². The SMILES string of the molecule is Brc1ccc2c(c1)C1(c3cc(Br)ccc3O2)c2cccnc2-c2ncccc21.c1ccc2c(c1)Cc1ccc(-n3c4ccccc4c4ccccc43)cc1-2.c1cnc2c(c1)C1(c3cc(-n4c5ccccc5c5cc(-n6c7ccccc7c7ccccc76)ccc54)ccc3Oc3ccc(-n4c5ccccc5c5cc(-n6c7ccccc7c7ccccc76)ccc54)cc31)c1cccnc1-2. The minimum Gasteiger partial charge on any atom is -0.457 e. The van der Waals surface area contributed by atoms with Crippen LogP contribution < -0.4 is 9.47 Å². The number of hydrogen-bond donors (Lipinski definition) is 0. The van der Waals surface area contributed by atoms with Gasteiger partial charge in [0.15, 0.2) is 0 Å². The molecule has 0 N–H and O–H groups in total. The van der Waals surface area contributed by atoms with Crippen molar-refractivity contribution in [3.8, 4) is 85.3 Å². The first-order valence-electron chi connectivity index (χ1n) is 44.6. The van der Waals surface area contributed by atoms with Gasteiger partial charge in [-0.25, -0.2) is 0 Å². The predicted octanol–water partition coefficient (Wildman–Crippen LogP) is 30.2. The van der Waals surface area contributed by atoms with Gasteiger partial charge in [-0.2, -0.15) is 0 Å². The molecule has 0 amide bonds. The van der Waals surface area contributed by atoms with Crippen LogP contribution in [0.5, 0.6) is 23.0 Å². The number of pyridine rings is 4. The summed E-state index contributed by atoms with van der Waals surface area (Å²) in [6.07, 6.45) is 8.49. The van der Waals surface area contributed by atoms with Crippen LogP contribution in [-0.4, -0.2) is 42.8 Å². The van der Waals surface area contributed by atoms with Crippen molar-refractivity contribution in [2.24, 2.45) is 0 Å². The summed E-state index contributed by atoms with van der Waals surface area (Å²) in [5.74, 6) is 3.30. The predicted molar refractivity (Wildman–Crippen MR) is 541 cm³/mol. The molecule has 0 saturated heterocycles. The lowest BCUT2D eigenvalue weighted by Gasteiger charge is -2.39. The molecule has 0 saturated carbocycles. The van der Waals surface area contributed by atoms with Crippen molar-refractivity contribution in [2.45, 2.75) is 17.3 Å². The topological polar surface area (TPSA) is 94.7 Å². The van der Waals surface area contributed by atoms with E-state index in [1.54, 1.807) is 0 Å². The molecule has 11 heterocycles. The summed E-state index contributed by atoms with van der Waals surface area (Å²) in [7, 11) is 0. The van der Waals surface area contributed by atoms with Crippen LogP contribution in [0.3, 0.4) is 0 Å². The zero-order valence-electron chi connectivity index (χ0n) is 70.6. The molecule has 9 aromatic heterocycles. The summed E-state index contributed by atoms with van der Waals surface area (Å²) < 4.78 is 27.6. The highest BCUT2D eigenvalue weighted by atomic mass is 79.9. The number of ether oxygens (including phenoxy) is 2. The Balaban J connectivity index is 0.000000130. The van der Waals surface area contributed by atoms with Gasteiger partial charge in [0.05, 0.1) is 88.8 Å². The highest BCUT2D eigenvalue weighted by molar-refractivity contribution is 9.10. The summed E-state index contributed by atoms with van der Waals surface area (Å²) in [5, 5.41) is 12.3. The van der Waals surface area contributed by atoms with Crippen molar-refractivity contribution >= 4 is 141 Å². The Labute approximate surface area is 773 Å². The van der Waals surface area contributed by atoms with Crippen LogP contribution in [0.4, 0.5) is 0 Å². The fourth-order valence-corrected chi connectivity index (χ4v) is 23.7. The first kappa shape index (κ1) is 74.7. The van der Waals surface area contributed by atoms with Crippen LogP contribution in [0.2, 0.25) is 0 Å². The maximum Gasteiger partial charge on any atom is 0.132 e. The van der Waals surface area contributed by atoms with Gasteiger partial charge in [0.2, 0.25) is 0 Å². The smallest absolute Gasteiger partial charge is 0.132 e. The molecule has 0 bridgehead atoms. The third-order valence-electron chi connectivity index (χ3n) is 28.3. The monoisotopic (exact) mass is 1820 g/mol. The molecular formula is C119H71Br2N9O2. The molecule has 0 fully saturated rings. The van der Waals surface area contributed by atoms with Gasteiger partial charge < -0.3 is 32.3 Å². The number of rotatable bonds is 5. The van der Waals surface area contributed by atoms with Gasteiger partial charge >= 0.3 is 0 Å². The first-order valence-corrected chi connectivity index (χ1v) is 46.2. The van der Waals surface area contributed by atoms with Crippen molar-refractivity contribution in [3.63, 3.8) is 0 Å². The maximum absolute atomic E-state index is 7.18. The molecule has 25 aromatic rings. The van der Waals surface area contributed by atoms with Gasteiger partial charge in [-0.05, 0) is 245 Å². The average Bonchev–Trinajstić information content (AvgIpc) is 1.50. The molecule has 30 rings (SSSR count). The quantitative estimate of drug-likeness (QED) is 0.170. The minimum absolute atomic E-state index is 0.524. The van der Waals surface area contributed by atoms with E-state index in [1.807, 2.05) is 61.2 Å². The second-order valence-electron chi connectivity index (χ2n) is 34.8.